The average molecular weight is 337 g/mol. The summed E-state index contributed by atoms with van der Waals surface area (Å²) in [7, 11) is 0. The minimum Gasteiger partial charge on any atom is -0.381 e. The van der Waals surface area contributed by atoms with Gasteiger partial charge in [0.15, 0.2) is 0 Å². The zero-order valence-corrected chi connectivity index (χ0v) is 16.0. The first kappa shape index (κ1) is 20.0. The SMILES string of the molecule is C=CCOCC1CCC([C@H]2CC[C@H](COCCCCC)CC2)CC1. The van der Waals surface area contributed by atoms with Crippen molar-refractivity contribution in [3.63, 3.8) is 0 Å². The minimum absolute atomic E-state index is 0.713. The van der Waals surface area contributed by atoms with Crippen LogP contribution in [0.3, 0.4) is 0 Å². The van der Waals surface area contributed by atoms with Crippen molar-refractivity contribution in [2.24, 2.45) is 23.7 Å². The molecule has 0 aliphatic heterocycles. The molecular weight excluding hydrogens is 296 g/mol. The van der Waals surface area contributed by atoms with Crippen molar-refractivity contribution in [1.82, 2.24) is 0 Å². The Morgan fingerprint density at radius 2 is 1.33 bits per heavy atom. The lowest BCUT2D eigenvalue weighted by Crippen LogP contribution is -2.28. The highest BCUT2D eigenvalue weighted by Gasteiger charge is 2.30. The largest absolute Gasteiger partial charge is 0.381 e. The minimum atomic E-state index is 0.713. The van der Waals surface area contributed by atoms with Gasteiger partial charge in [-0.15, -0.1) is 6.58 Å². The first-order valence-electron chi connectivity index (χ1n) is 10.6. The van der Waals surface area contributed by atoms with Crippen LogP contribution >= 0.6 is 0 Å². The molecule has 2 saturated carbocycles. The summed E-state index contributed by atoms with van der Waals surface area (Å²) in [5, 5.41) is 0. The molecule has 0 aromatic heterocycles. The summed E-state index contributed by atoms with van der Waals surface area (Å²) in [6.07, 6.45) is 17.0. The Labute approximate surface area is 150 Å². The van der Waals surface area contributed by atoms with Crippen LogP contribution in [0.1, 0.15) is 77.6 Å². The molecule has 2 aliphatic rings. The monoisotopic (exact) mass is 336 g/mol. The average Bonchev–Trinajstić information content (AvgIpc) is 2.63. The lowest BCUT2D eigenvalue weighted by atomic mass is 9.69. The Bertz CT molecular complexity index is 312. The van der Waals surface area contributed by atoms with Crippen LogP contribution < -0.4 is 0 Å². The maximum absolute atomic E-state index is 5.90. The van der Waals surface area contributed by atoms with Crippen molar-refractivity contribution in [3.8, 4) is 0 Å². The van der Waals surface area contributed by atoms with Gasteiger partial charge in [0.25, 0.3) is 0 Å². The van der Waals surface area contributed by atoms with Crippen LogP contribution in [0.15, 0.2) is 12.7 Å². The molecule has 24 heavy (non-hydrogen) atoms. The van der Waals surface area contributed by atoms with Crippen molar-refractivity contribution in [2.75, 3.05) is 26.4 Å². The van der Waals surface area contributed by atoms with Gasteiger partial charge in [-0.3, -0.25) is 0 Å². The fraction of sp³-hybridized carbons (Fsp3) is 0.909. The van der Waals surface area contributed by atoms with Crippen molar-refractivity contribution in [3.05, 3.63) is 12.7 Å². The molecule has 0 N–H and O–H groups in total. The van der Waals surface area contributed by atoms with Gasteiger partial charge in [-0.25, -0.2) is 0 Å². The van der Waals surface area contributed by atoms with Crippen LogP contribution in [0, 0.1) is 23.7 Å². The molecule has 0 amide bonds. The smallest absolute Gasteiger partial charge is 0.0644 e. The molecule has 2 rings (SSSR count). The van der Waals surface area contributed by atoms with Gasteiger partial charge in [-0.2, -0.15) is 0 Å². The van der Waals surface area contributed by atoms with Gasteiger partial charge in [0.05, 0.1) is 6.61 Å². The lowest BCUT2D eigenvalue weighted by molar-refractivity contribution is 0.0546. The molecule has 0 bridgehead atoms. The molecular formula is C22H40O2. The predicted molar refractivity (Wildman–Crippen MR) is 102 cm³/mol. The standard InChI is InChI=1S/C22H40O2/c1-3-5-6-16-24-18-20-9-13-22(14-10-20)21-11-7-19(8-12-21)17-23-15-4-2/h4,19-22H,2-3,5-18H2,1H3/t19?,20-,21?,22-. The zero-order chi connectivity index (χ0) is 17.0. The van der Waals surface area contributed by atoms with Gasteiger partial charge >= 0.3 is 0 Å². The Kier molecular flexibility index (Phi) is 10.1. The molecule has 0 heterocycles. The van der Waals surface area contributed by atoms with Crippen LogP contribution in [-0.2, 0) is 9.47 Å². The molecule has 0 unspecified atom stereocenters. The first-order valence-corrected chi connectivity index (χ1v) is 10.6. The topological polar surface area (TPSA) is 18.5 Å². The molecule has 0 saturated heterocycles. The van der Waals surface area contributed by atoms with Gasteiger partial charge in [0.2, 0.25) is 0 Å². The fourth-order valence-electron chi connectivity index (χ4n) is 4.67. The molecule has 2 fully saturated rings. The second-order valence-electron chi connectivity index (χ2n) is 8.17. The Morgan fingerprint density at radius 1 is 0.792 bits per heavy atom. The normalized spacial score (nSPS) is 31.0. The molecule has 2 nitrogen and oxygen atoms in total. The summed E-state index contributed by atoms with van der Waals surface area (Å²) < 4.78 is 11.5. The van der Waals surface area contributed by atoms with E-state index < -0.39 is 0 Å². The van der Waals surface area contributed by atoms with E-state index in [1.54, 1.807) is 0 Å². The highest BCUT2D eigenvalue weighted by atomic mass is 16.5. The highest BCUT2D eigenvalue weighted by Crippen LogP contribution is 2.41. The van der Waals surface area contributed by atoms with Gasteiger partial charge in [-0.05, 0) is 81.5 Å². The Morgan fingerprint density at radius 3 is 1.83 bits per heavy atom. The third-order valence-electron chi connectivity index (χ3n) is 6.28. The third kappa shape index (κ3) is 7.27. The maximum atomic E-state index is 5.90. The molecule has 0 aromatic carbocycles. The summed E-state index contributed by atoms with van der Waals surface area (Å²) in [4.78, 5) is 0. The highest BCUT2D eigenvalue weighted by molar-refractivity contribution is 4.82. The van der Waals surface area contributed by atoms with Crippen molar-refractivity contribution in [1.29, 1.82) is 0 Å². The van der Waals surface area contributed by atoms with E-state index in [1.807, 2.05) is 6.08 Å². The number of hydrogen-bond acceptors (Lipinski definition) is 2. The molecule has 0 atom stereocenters. The van der Waals surface area contributed by atoms with Gasteiger partial charge < -0.3 is 9.47 Å². The molecule has 140 valence electrons. The number of hydrogen-bond donors (Lipinski definition) is 0. The number of rotatable bonds is 11. The van der Waals surface area contributed by atoms with E-state index in [0.29, 0.717) is 6.61 Å². The van der Waals surface area contributed by atoms with Crippen molar-refractivity contribution >= 4 is 0 Å². The van der Waals surface area contributed by atoms with Crippen LogP contribution in [0.2, 0.25) is 0 Å². The predicted octanol–water partition coefficient (Wildman–Crippen LogP) is 6.01. The van der Waals surface area contributed by atoms with E-state index in [-0.39, 0.29) is 0 Å². The molecule has 0 spiro atoms. The van der Waals surface area contributed by atoms with Crippen LogP contribution in [-0.4, -0.2) is 26.4 Å². The molecule has 0 aromatic rings. The van der Waals surface area contributed by atoms with Crippen molar-refractivity contribution < 1.29 is 9.47 Å². The Balaban J connectivity index is 1.54. The van der Waals surface area contributed by atoms with E-state index in [1.165, 1.54) is 70.6 Å². The van der Waals surface area contributed by atoms with E-state index >= 15 is 0 Å². The summed E-state index contributed by atoms with van der Waals surface area (Å²) >= 11 is 0. The first-order chi connectivity index (χ1) is 11.8. The zero-order valence-electron chi connectivity index (χ0n) is 16.0. The van der Waals surface area contributed by atoms with Crippen LogP contribution in [0.5, 0.6) is 0 Å². The summed E-state index contributed by atoms with van der Waals surface area (Å²) in [6.45, 7) is 9.63. The molecule has 0 radical (unpaired) electrons. The van der Waals surface area contributed by atoms with Gasteiger partial charge in [0.1, 0.15) is 0 Å². The van der Waals surface area contributed by atoms with E-state index in [9.17, 15) is 0 Å². The van der Waals surface area contributed by atoms with Crippen LogP contribution in [0.4, 0.5) is 0 Å². The number of unbranched alkanes of at least 4 members (excludes halogenated alkanes) is 2. The van der Waals surface area contributed by atoms with Crippen LogP contribution in [0.25, 0.3) is 0 Å². The number of ether oxygens (including phenoxy) is 2. The second kappa shape index (κ2) is 12.1. The van der Waals surface area contributed by atoms with Gasteiger partial charge in [0, 0.05) is 19.8 Å². The fourth-order valence-corrected chi connectivity index (χ4v) is 4.67. The summed E-state index contributed by atoms with van der Waals surface area (Å²) in [5.74, 6) is 3.63. The second-order valence-corrected chi connectivity index (χ2v) is 8.17. The summed E-state index contributed by atoms with van der Waals surface area (Å²) in [6, 6.07) is 0. The molecule has 2 aliphatic carbocycles. The lowest BCUT2D eigenvalue weighted by Gasteiger charge is -2.37. The molecule has 2 heteroatoms. The summed E-state index contributed by atoms with van der Waals surface area (Å²) in [5.41, 5.74) is 0. The van der Waals surface area contributed by atoms with Gasteiger partial charge in [-0.1, -0.05) is 25.8 Å². The maximum Gasteiger partial charge on any atom is 0.0644 e. The Hall–Kier alpha value is -0.340. The van der Waals surface area contributed by atoms with E-state index in [0.717, 1.165) is 43.5 Å². The van der Waals surface area contributed by atoms with E-state index in [2.05, 4.69) is 13.5 Å². The van der Waals surface area contributed by atoms with Crippen molar-refractivity contribution in [2.45, 2.75) is 77.6 Å². The quantitative estimate of drug-likeness (QED) is 0.340. The third-order valence-corrected chi connectivity index (χ3v) is 6.28. The van der Waals surface area contributed by atoms with E-state index in [4.69, 9.17) is 9.47 Å².